The summed E-state index contributed by atoms with van der Waals surface area (Å²) in [6, 6.07) is 17.1. The molecule has 8 nitrogen and oxygen atoms in total. The first-order valence-electron chi connectivity index (χ1n) is 15.3. The van der Waals surface area contributed by atoms with Crippen LogP contribution in [0.15, 0.2) is 65.1 Å². The van der Waals surface area contributed by atoms with Gasteiger partial charge in [0.25, 0.3) is 5.91 Å². The van der Waals surface area contributed by atoms with Crippen LogP contribution in [0.4, 0.5) is 10.1 Å². The van der Waals surface area contributed by atoms with Gasteiger partial charge in [0.15, 0.2) is 0 Å². The summed E-state index contributed by atoms with van der Waals surface area (Å²) in [7, 11) is -2.65. The van der Waals surface area contributed by atoms with Crippen molar-refractivity contribution in [2.24, 2.45) is 0 Å². The molecule has 0 bridgehead atoms. The first-order chi connectivity index (χ1) is 21.3. The number of halogens is 1. The molecule has 0 spiro atoms. The molecule has 1 amide bonds. The van der Waals surface area contributed by atoms with Crippen LogP contribution in [0.3, 0.4) is 0 Å². The number of fused-ring (bicyclic) bond motifs is 1. The lowest BCUT2D eigenvalue weighted by atomic mass is 9.78. The van der Waals surface area contributed by atoms with E-state index in [2.05, 4.69) is 10.0 Å². The van der Waals surface area contributed by atoms with E-state index in [0.717, 1.165) is 29.4 Å². The fourth-order valence-corrected chi connectivity index (χ4v) is 6.83. The molecule has 0 atom stereocenters. The number of anilines is 1. The standard InChI is InChI=1S/C34H38BFN2O6S/c1-33(2)34(3,4)44-35(43-33)24-10-6-8-21(18-24)9-7-17-45(40,41)38-28-20-29-27(19-26(28)22-11-12-22)30(32(39)37-5)31(42-29)23-13-15-25(36)16-14-23/h6,8,10,13-16,18-20,22,38H,7,9,11-12,17H2,1-5H3,(H,37,39). The number of sulfonamides is 1. The number of hydrogen-bond donors (Lipinski definition) is 2. The van der Waals surface area contributed by atoms with Gasteiger partial charge in [-0.2, -0.15) is 0 Å². The summed E-state index contributed by atoms with van der Waals surface area (Å²) in [5.41, 5.74) is 3.55. The summed E-state index contributed by atoms with van der Waals surface area (Å²) in [6.45, 7) is 8.05. The fourth-order valence-electron chi connectivity index (χ4n) is 5.69. The molecule has 2 heterocycles. The number of carbonyl (C=O) groups is 1. The van der Waals surface area contributed by atoms with E-state index < -0.39 is 34.2 Å². The molecule has 11 heteroatoms. The lowest BCUT2D eigenvalue weighted by Crippen LogP contribution is -2.41. The Morgan fingerprint density at radius 2 is 1.69 bits per heavy atom. The van der Waals surface area contributed by atoms with E-state index in [4.69, 9.17) is 13.7 Å². The zero-order valence-electron chi connectivity index (χ0n) is 26.2. The van der Waals surface area contributed by atoms with Gasteiger partial charge < -0.3 is 19.0 Å². The van der Waals surface area contributed by atoms with Gasteiger partial charge >= 0.3 is 7.12 Å². The maximum absolute atomic E-state index is 13.6. The van der Waals surface area contributed by atoms with Crippen molar-refractivity contribution in [1.29, 1.82) is 0 Å². The van der Waals surface area contributed by atoms with E-state index in [0.29, 0.717) is 46.4 Å². The van der Waals surface area contributed by atoms with Crippen LogP contribution in [-0.2, 0) is 25.8 Å². The van der Waals surface area contributed by atoms with Crippen LogP contribution < -0.4 is 15.5 Å². The molecule has 1 aliphatic heterocycles. The minimum atomic E-state index is -3.70. The van der Waals surface area contributed by atoms with Crippen molar-refractivity contribution in [2.75, 3.05) is 17.5 Å². The third-order valence-electron chi connectivity index (χ3n) is 9.06. The minimum absolute atomic E-state index is 0.0711. The molecule has 6 rings (SSSR count). The molecular weight excluding hydrogens is 594 g/mol. The highest BCUT2D eigenvalue weighted by atomic mass is 32.2. The average Bonchev–Trinajstić information content (AvgIpc) is 3.72. The van der Waals surface area contributed by atoms with Crippen LogP contribution in [0.1, 0.15) is 74.4 Å². The summed E-state index contributed by atoms with van der Waals surface area (Å²) in [4.78, 5) is 13.0. The molecule has 45 heavy (non-hydrogen) atoms. The quantitative estimate of drug-likeness (QED) is 0.203. The smallest absolute Gasteiger partial charge is 0.455 e. The minimum Gasteiger partial charge on any atom is -0.455 e. The van der Waals surface area contributed by atoms with E-state index in [1.54, 1.807) is 18.2 Å². The van der Waals surface area contributed by atoms with E-state index >= 15 is 0 Å². The third-order valence-corrected chi connectivity index (χ3v) is 10.4. The van der Waals surface area contributed by atoms with E-state index in [1.807, 2.05) is 58.0 Å². The Bertz CT molecular complexity index is 1850. The normalized spacial score (nSPS) is 17.5. The Balaban J connectivity index is 1.21. The fraction of sp³-hybridized carbons (Fsp3) is 0.382. The van der Waals surface area contributed by atoms with E-state index in [9.17, 15) is 17.6 Å². The van der Waals surface area contributed by atoms with Gasteiger partial charge in [0.1, 0.15) is 17.2 Å². The molecule has 0 radical (unpaired) electrons. The lowest BCUT2D eigenvalue weighted by molar-refractivity contribution is 0.00578. The Morgan fingerprint density at radius 3 is 2.33 bits per heavy atom. The number of amides is 1. The summed E-state index contributed by atoms with van der Waals surface area (Å²) in [6.07, 6.45) is 2.84. The first-order valence-corrected chi connectivity index (χ1v) is 17.0. The highest BCUT2D eigenvalue weighted by Crippen LogP contribution is 2.47. The Morgan fingerprint density at radius 1 is 1.00 bits per heavy atom. The number of furan rings is 1. The summed E-state index contributed by atoms with van der Waals surface area (Å²) < 4.78 is 61.6. The number of nitrogens with one attached hydrogen (secondary N) is 2. The highest BCUT2D eigenvalue weighted by Gasteiger charge is 2.51. The number of aryl methyl sites for hydroxylation is 1. The second-order valence-electron chi connectivity index (χ2n) is 13.0. The van der Waals surface area contributed by atoms with Gasteiger partial charge in [-0.3, -0.25) is 9.52 Å². The lowest BCUT2D eigenvalue weighted by Gasteiger charge is -2.32. The Labute approximate surface area is 263 Å². The van der Waals surface area contributed by atoms with Gasteiger partial charge in [0.05, 0.1) is 28.2 Å². The molecule has 236 valence electrons. The Hall–Kier alpha value is -3.67. The monoisotopic (exact) mass is 632 g/mol. The predicted octanol–water partition coefficient (Wildman–Crippen LogP) is 6.15. The van der Waals surface area contributed by atoms with Crippen LogP contribution in [-0.4, -0.2) is 45.4 Å². The third kappa shape index (κ3) is 6.39. The summed E-state index contributed by atoms with van der Waals surface area (Å²) in [5.74, 6) is -0.328. The maximum Gasteiger partial charge on any atom is 0.494 e. The van der Waals surface area contributed by atoms with Crippen LogP contribution in [0, 0.1) is 5.82 Å². The zero-order valence-corrected chi connectivity index (χ0v) is 27.0. The van der Waals surface area contributed by atoms with Crippen LogP contribution >= 0.6 is 0 Å². The van der Waals surface area contributed by atoms with Crippen LogP contribution in [0.5, 0.6) is 0 Å². The largest absolute Gasteiger partial charge is 0.494 e. The molecule has 2 N–H and O–H groups in total. The SMILES string of the molecule is CNC(=O)c1c(-c2ccc(F)cc2)oc2cc(NS(=O)(=O)CCCc3cccc(B4OC(C)(C)C(C)(C)O4)c3)c(C3CC3)cc12. The van der Waals surface area contributed by atoms with Gasteiger partial charge in [0.2, 0.25) is 10.0 Å². The van der Waals surface area contributed by atoms with Crippen molar-refractivity contribution >= 4 is 45.2 Å². The summed E-state index contributed by atoms with van der Waals surface area (Å²) in [5, 5.41) is 3.25. The van der Waals surface area contributed by atoms with Gasteiger partial charge in [0, 0.05) is 24.1 Å². The van der Waals surface area contributed by atoms with Crippen LogP contribution in [0.25, 0.3) is 22.3 Å². The van der Waals surface area contributed by atoms with Crippen molar-refractivity contribution in [2.45, 2.75) is 70.5 Å². The number of hydrogen-bond acceptors (Lipinski definition) is 6. The zero-order chi connectivity index (χ0) is 32.1. The molecule has 0 unspecified atom stereocenters. The second kappa shape index (κ2) is 11.6. The van der Waals surface area contributed by atoms with Crippen molar-refractivity contribution in [3.8, 4) is 11.3 Å². The molecule has 1 aliphatic carbocycles. The number of carbonyl (C=O) groups excluding carboxylic acids is 1. The molecule has 1 saturated heterocycles. The number of benzene rings is 3. The number of rotatable bonds is 10. The van der Waals surface area contributed by atoms with Crippen molar-refractivity contribution < 1.29 is 31.3 Å². The molecule has 1 saturated carbocycles. The maximum atomic E-state index is 13.6. The Kier molecular flexibility index (Phi) is 8.08. The van der Waals surface area contributed by atoms with Crippen molar-refractivity contribution in [3.05, 3.63) is 83.2 Å². The topological polar surface area (TPSA) is 107 Å². The van der Waals surface area contributed by atoms with E-state index in [-0.39, 0.29) is 17.6 Å². The summed E-state index contributed by atoms with van der Waals surface area (Å²) >= 11 is 0. The molecule has 2 aliphatic rings. The van der Waals surface area contributed by atoms with Gasteiger partial charge in [-0.15, -0.1) is 0 Å². The second-order valence-corrected chi connectivity index (χ2v) is 14.8. The molecule has 2 fully saturated rings. The van der Waals surface area contributed by atoms with Crippen molar-refractivity contribution in [1.82, 2.24) is 5.32 Å². The molecule has 1 aromatic heterocycles. The van der Waals surface area contributed by atoms with Crippen molar-refractivity contribution in [3.63, 3.8) is 0 Å². The highest BCUT2D eigenvalue weighted by molar-refractivity contribution is 7.92. The molecular formula is C34H38BFN2O6S. The van der Waals surface area contributed by atoms with Gasteiger partial charge in [-0.25, -0.2) is 12.8 Å². The van der Waals surface area contributed by atoms with Crippen LogP contribution in [0.2, 0.25) is 0 Å². The van der Waals surface area contributed by atoms with Gasteiger partial charge in [-0.1, -0.05) is 24.3 Å². The van der Waals surface area contributed by atoms with E-state index in [1.165, 1.54) is 19.2 Å². The average molecular weight is 633 g/mol. The first kappa shape index (κ1) is 31.3. The van der Waals surface area contributed by atoms with Gasteiger partial charge in [-0.05, 0) is 106 Å². The molecule has 4 aromatic rings. The molecule has 3 aromatic carbocycles. The predicted molar refractivity (Wildman–Crippen MR) is 175 cm³/mol.